The van der Waals surface area contributed by atoms with Crippen LogP contribution in [0.5, 0.6) is 0 Å². The number of benzene rings is 1. The number of rotatable bonds is 3. The number of hydrogen-bond donors (Lipinski definition) is 0. The number of unbranched alkanes of at least 4 members (excludes halogenated alkanes) is 1. The standard InChI is InChI=1S/C13H19NS/c1-4-5-8-14-11(3)15-13-9-10(2)6-7-12(13)14/h6-7,9,11H,4-5,8H2,1-3H3. The highest BCUT2D eigenvalue weighted by atomic mass is 32.2. The Bertz CT molecular complexity index is 348. The highest BCUT2D eigenvalue weighted by Crippen LogP contribution is 2.43. The number of fused-ring (bicyclic) bond motifs is 1. The fourth-order valence-electron chi connectivity index (χ4n) is 2.03. The molecular formula is C13H19NS. The Morgan fingerprint density at radius 3 is 2.93 bits per heavy atom. The van der Waals surface area contributed by atoms with E-state index in [2.05, 4.69) is 43.9 Å². The zero-order valence-corrected chi connectivity index (χ0v) is 10.6. The van der Waals surface area contributed by atoms with E-state index in [1.54, 1.807) is 0 Å². The van der Waals surface area contributed by atoms with E-state index in [1.807, 2.05) is 11.8 Å². The van der Waals surface area contributed by atoms with Crippen molar-refractivity contribution in [3.05, 3.63) is 23.8 Å². The highest BCUT2D eigenvalue weighted by molar-refractivity contribution is 8.00. The van der Waals surface area contributed by atoms with Crippen LogP contribution in [0.4, 0.5) is 5.69 Å². The summed E-state index contributed by atoms with van der Waals surface area (Å²) in [5.74, 6) is 0. The largest absolute Gasteiger partial charge is 0.359 e. The molecule has 1 unspecified atom stereocenters. The van der Waals surface area contributed by atoms with Crippen molar-refractivity contribution in [3.8, 4) is 0 Å². The van der Waals surface area contributed by atoms with Crippen LogP contribution in [0.2, 0.25) is 0 Å². The quantitative estimate of drug-likeness (QED) is 0.757. The monoisotopic (exact) mass is 221 g/mol. The summed E-state index contributed by atoms with van der Waals surface area (Å²) < 4.78 is 0. The average Bonchev–Trinajstić information content (AvgIpc) is 2.50. The first-order valence-electron chi connectivity index (χ1n) is 5.76. The number of hydrogen-bond acceptors (Lipinski definition) is 2. The molecule has 0 bridgehead atoms. The van der Waals surface area contributed by atoms with Gasteiger partial charge >= 0.3 is 0 Å². The van der Waals surface area contributed by atoms with Crippen molar-refractivity contribution in [2.24, 2.45) is 0 Å². The van der Waals surface area contributed by atoms with Crippen LogP contribution in [0.25, 0.3) is 0 Å². The topological polar surface area (TPSA) is 3.24 Å². The fraction of sp³-hybridized carbons (Fsp3) is 0.538. The molecule has 0 saturated carbocycles. The Hall–Kier alpha value is -0.630. The van der Waals surface area contributed by atoms with Gasteiger partial charge in [0.15, 0.2) is 0 Å². The fourth-order valence-corrected chi connectivity index (χ4v) is 3.30. The molecule has 0 fully saturated rings. The summed E-state index contributed by atoms with van der Waals surface area (Å²) in [5.41, 5.74) is 2.80. The van der Waals surface area contributed by atoms with Gasteiger partial charge in [0.25, 0.3) is 0 Å². The molecule has 1 aliphatic heterocycles. The van der Waals surface area contributed by atoms with Crippen molar-refractivity contribution in [2.45, 2.75) is 43.9 Å². The second kappa shape index (κ2) is 4.48. The maximum atomic E-state index is 2.53. The molecule has 0 amide bonds. The lowest BCUT2D eigenvalue weighted by atomic mass is 10.2. The minimum atomic E-state index is 0.605. The van der Waals surface area contributed by atoms with Gasteiger partial charge in [0.2, 0.25) is 0 Å². The van der Waals surface area contributed by atoms with E-state index in [1.165, 1.54) is 35.5 Å². The Morgan fingerprint density at radius 1 is 1.40 bits per heavy atom. The average molecular weight is 221 g/mol. The van der Waals surface area contributed by atoms with Crippen LogP contribution in [0.3, 0.4) is 0 Å². The maximum Gasteiger partial charge on any atom is 0.0769 e. The molecule has 0 N–H and O–H groups in total. The molecule has 2 heteroatoms. The summed E-state index contributed by atoms with van der Waals surface area (Å²) >= 11 is 1.99. The SMILES string of the molecule is CCCCN1c2ccc(C)cc2SC1C. The molecule has 82 valence electrons. The van der Waals surface area contributed by atoms with E-state index in [4.69, 9.17) is 0 Å². The number of nitrogens with zero attached hydrogens (tertiary/aromatic N) is 1. The van der Waals surface area contributed by atoms with Crippen LogP contribution in [-0.2, 0) is 0 Å². The summed E-state index contributed by atoms with van der Waals surface area (Å²) in [5, 5.41) is 0.605. The summed E-state index contributed by atoms with van der Waals surface area (Å²) in [6.45, 7) is 7.92. The van der Waals surface area contributed by atoms with Gasteiger partial charge < -0.3 is 4.90 Å². The van der Waals surface area contributed by atoms with Gasteiger partial charge in [0.1, 0.15) is 0 Å². The molecule has 1 aliphatic rings. The van der Waals surface area contributed by atoms with Crippen molar-refractivity contribution in [1.29, 1.82) is 0 Å². The van der Waals surface area contributed by atoms with E-state index < -0.39 is 0 Å². The van der Waals surface area contributed by atoms with Gasteiger partial charge in [-0.25, -0.2) is 0 Å². The molecule has 0 saturated heterocycles. The summed E-state index contributed by atoms with van der Waals surface area (Å²) in [6.07, 6.45) is 2.56. The van der Waals surface area contributed by atoms with Crippen LogP contribution in [0.15, 0.2) is 23.1 Å². The lowest BCUT2D eigenvalue weighted by Gasteiger charge is -2.23. The predicted octanol–water partition coefficient (Wildman–Crippen LogP) is 4.05. The van der Waals surface area contributed by atoms with Gasteiger partial charge in [0, 0.05) is 11.4 Å². The molecule has 1 nitrogen and oxygen atoms in total. The lowest BCUT2D eigenvalue weighted by molar-refractivity contribution is 0.717. The van der Waals surface area contributed by atoms with Gasteiger partial charge in [-0.3, -0.25) is 0 Å². The highest BCUT2D eigenvalue weighted by Gasteiger charge is 2.25. The van der Waals surface area contributed by atoms with Crippen LogP contribution >= 0.6 is 11.8 Å². The molecule has 0 radical (unpaired) electrons. The third kappa shape index (κ3) is 2.15. The second-order valence-corrected chi connectivity index (χ2v) is 5.59. The minimum Gasteiger partial charge on any atom is -0.359 e. The molecule has 2 rings (SSSR count). The van der Waals surface area contributed by atoms with Gasteiger partial charge in [-0.2, -0.15) is 0 Å². The van der Waals surface area contributed by atoms with E-state index in [0.717, 1.165) is 0 Å². The van der Waals surface area contributed by atoms with Crippen LogP contribution in [0.1, 0.15) is 32.3 Å². The van der Waals surface area contributed by atoms with Crippen LogP contribution in [0, 0.1) is 6.92 Å². The zero-order chi connectivity index (χ0) is 10.8. The molecule has 1 heterocycles. The summed E-state index contributed by atoms with van der Waals surface area (Å²) in [7, 11) is 0. The third-order valence-corrected chi connectivity index (χ3v) is 4.09. The first kappa shape index (κ1) is 10.9. The van der Waals surface area contributed by atoms with Crippen molar-refractivity contribution < 1.29 is 0 Å². The van der Waals surface area contributed by atoms with Gasteiger partial charge in [0.05, 0.1) is 11.1 Å². The van der Waals surface area contributed by atoms with E-state index in [9.17, 15) is 0 Å². The number of thioether (sulfide) groups is 1. The third-order valence-electron chi connectivity index (χ3n) is 2.91. The van der Waals surface area contributed by atoms with Crippen molar-refractivity contribution in [2.75, 3.05) is 11.4 Å². The minimum absolute atomic E-state index is 0.605. The number of aryl methyl sites for hydroxylation is 1. The second-order valence-electron chi connectivity index (χ2n) is 4.24. The van der Waals surface area contributed by atoms with Gasteiger partial charge in [-0.15, -0.1) is 0 Å². The molecular weight excluding hydrogens is 202 g/mol. The van der Waals surface area contributed by atoms with E-state index in [0.29, 0.717) is 5.37 Å². The smallest absolute Gasteiger partial charge is 0.0769 e. The zero-order valence-electron chi connectivity index (χ0n) is 9.79. The van der Waals surface area contributed by atoms with Crippen molar-refractivity contribution in [1.82, 2.24) is 0 Å². The van der Waals surface area contributed by atoms with Gasteiger partial charge in [-0.1, -0.05) is 31.2 Å². The maximum absolute atomic E-state index is 2.53. The Balaban J connectivity index is 2.21. The molecule has 1 aromatic carbocycles. The van der Waals surface area contributed by atoms with Crippen molar-refractivity contribution >= 4 is 17.4 Å². The number of anilines is 1. The summed E-state index contributed by atoms with van der Waals surface area (Å²) in [6, 6.07) is 6.80. The van der Waals surface area contributed by atoms with Crippen LogP contribution in [-0.4, -0.2) is 11.9 Å². The summed E-state index contributed by atoms with van der Waals surface area (Å²) in [4.78, 5) is 3.99. The molecule has 0 spiro atoms. The Kier molecular flexibility index (Phi) is 3.25. The first-order valence-corrected chi connectivity index (χ1v) is 6.64. The first-order chi connectivity index (χ1) is 7.22. The molecule has 1 atom stereocenters. The molecule has 15 heavy (non-hydrogen) atoms. The predicted molar refractivity (Wildman–Crippen MR) is 68.8 cm³/mol. The Labute approximate surface area is 96.9 Å². The van der Waals surface area contributed by atoms with Crippen LogP contribution < -0.4 is 4.90 Å². The molecule has 0 aliphatic carbocycles. The Morgan fingerprint density at radius 2 is 2.20 bits per heavy atom. The molecule has 0 aromatic heterocycles. The van der Waals surface area contributed by atoms with E-state index in [-0.39, 0.29) is 0 Å². The van der Waals surface area contributed by atoms with E-state index >= 15 is 0 Å². The molecule has 1 aromatic rings. The van der Waals surface area contributed by atoms with Crippen molar-refractivity contribution in [3.63, 3.8) is 0 Å². The van der Waals surface area contributed by atoms with Gasteiger partial charge in [-0.05, 0) is 38.0 Å². The lowest BCUT2D eigenvalue weighted by Crippen LogP contribution is -2.27. The normalized spacial score (nSPS) is 19.4.